The molecule has 0 aromatic carbocycles. The summed E-state index contributed by atoms with van der Waals surface area (Å²) >= 11 is 0. The lowest BCUT2D eigenvalue weighted by Crippen LogP contribution is -2.23. The van der Waals surface area contributed by atoms with Crippen LogP contribution in [0.15, 0.2) is 12.3 Å². The topological polar surface area (TPSA) is 74.3 Å². The molecule has 0 amide bonds. The molecule has 0 spiro atoms. The third-order valence-electron chi connectivity index (χ3n) is 1.92. The van der Waals surface area contributed by atoms with Gasteiger partial charge in [0.15, 0.2) is 0 Å². The van der Waals surface area contributed by atoms with E-state index in [-0.39, 0.29) is 12.1 Å². The van der Waals surface area contributed by atoms with E-state index in [0.29, 0.717) is 18.8 Å². The molecule has 1 aromatic heterocycles. The highest BCUT2D eigenvalue weighted by molar-refractivity contribution is 5.87. The van der Waals surface area contributed by atoms with Gasteiger partial charge >= 0.3 is 5.97 Å². The van der Waals surface area contributed by atoms with Gasteiger partial charge in [-0.25, -0.2) is 4.79 Å². The normalized spacial score (nSPS) is 12.5. The van der Waals surface area contributed by atoms with Gasteiger partial charge in [0.1, 0.15) is 5.69 Å². The van der Waals surface area contributed by atoms with Crippen LogP contribution < -0.4 is 5.32 Å². The van der Waals surface area contributed by atoms with Crippen LogP contribution in [0.5, 0.6) is 0 Å². The van der Waals surface area contributed by atoms with E-state index in [0.717, 1.165) is 5.56 Å². The molecular weight excluding hydrogens is 196 g/mol. The summed E-state index contributed by atoms with van der Waals surface area (Å²) in [5.41, 5.74) is 1.39. The Hall–Kier alpha value is -1.33. The first-order valence-electron chi connectivity index (χ1n) is 4.78. The van der Waals surface area contributed by atoms with Crippen LogP contribution in [0.4, 0.5) is 0 Å². The molecule has 0 radical (unpaired) electrons. The fourth-order valence-electron chi connectivity index (χ4n) is 1.19. The Balaban J connectivity index is 2.43. The minimum absolute atomic E-state index is 0.371. The van der Waals surface area contributed by atoms with Crippen LogP contribution in [-0.4, -0.2) is 35.8 Å². The zero-order valence-corrected chi connectivity index (χ0v) is 8.91. The summed E-state index contributed by atoms with van der Waals surface area (Å²) in [4.78, 5) is 13.9. The van der Waals surface area contributed by atoms with Crippen LogP contribution in [0.1, 0.15) is 23.0 Å². The Morgan fingerprint density at radius 2 is 2.47 bits per heavy atom. The molecule has 1 rings (SSSR count). The third-order valence-corrected chi connectivity index (χ3v) is 1.92. The van der Waals surface area contributed by atoms with Gasteiger partial charge in [0.05, 0.1) is 13.2 Å². The molecule has 1 heterocycles. The highest BCUT2D eigenvalue weighted by atomic mass is 16.5. The zero-order valence-electron chi connectivity index (χ0n) is 8.91. The van der Waals surface area contributed by atoms with Gasteiger partial charge in [-0.05, 0) is 18.6 Å². The van der Waals surface area contributed by atoms with Crippen LogP contribution >= 0.6 is 0 Å². The largest absolute Gasteiger partial charge is 0.464 e. The molecule has 3 N–H and O–H groups in total. The van der Waals surface area contributed by atoms with Gasteiger partial charge in [-0.1, -0.05) is 0 Å². The molecular formula is C10H16N2O3. The fourth-order valence-corrected chi connectivity index (χ4v) is 1.19. The first kappa shape index (κ1) is 11.7. The Kier molecular flexibility index (Phi) is 4.33. The minimum atomic E-state index is -0.378. The number of aromatic amines is 1. The van der Waals surface area contributed by atoms with Crippen molar-refractivity contribution in [3.8, 4) is 0 Å². The maximum Gasteiger partial charge on any atom is 0.354 e. The molecule has 1 atom stereocenters. The van der Waals surface area contributed by atoms with E-state index in [1.807, 2.05) is 0 Å². The smallest absolute Gasteiger partial charge is 0.354 e. The summed E-state index contributed by atoms with van der Waals surface area (Å²) in [6.45, 7) is 2.85. The molecule has 0 saturated heterocycles. The molecule has 0 saturated carbocycles. The van der Waals surface area contributed by atoms with Crippen molar-refractivity contribution in [1.82, 2.24) is 10.3 Å². The summed E-state index contributed by atoms with van der Waals surface area (Å²) in [6, 6.07) is 1.72. The van der Waals surface area contributed by atoms with Crippen LogP contribution in [0.2, 0.25) is 0 Å². The van der Waals surface area contributed by atoms with Crippen molar-refractivity contribution in [1.29, 1.82) is 0 Å². The fraction of sp³-hybridized carbons (Fsp3) is 0.500. The van der Waals surface area contributed by atoms with Gasteiger partial charge < -0.3 is 20.1 Å². The molecule has 0 unspecified atom stereocenters. The number of H-pyrrole nitrogens is 1. The Bertz CT molecular complexity index is 320. The lowest BCUT2D eigenvalue weighted by Gasteiger charge is -2.04. The van der Waals surface area contributed by atoms with Crippen LogP contribution in [0.3, 0.4) is 0 Å². The average molecular weight is 212 g/mol. The van der Waals surface area contributed by atoms with Crippen molar-refractivity contribution in [2.24, 2.45) is 0 Å². The van der Waals surface area contributed by atoms with Crippen molar-refractivity contribution in [2.75, 3.05) is 13.7 Å². The lowest BCUT2D eigenvalue weighted by atomic mass is 10.3. The second-order valence-electron chi connectivity index (χ2n) is 3.39. The first-order chi connectivity index (χ1) is 7.13. The van der Waals surface area contributed by atoms with Gasteiger partial charge in [0.25, 0.3) is 0 Å². The number of aliphatic hydroxyl groups is 1. The quantitative estimate of drug-likeness (QED) is 0.612. The number of hydrogen-bond acceptors (Lipinski definition) is 4. The predicted octanol–water partition coefficient (Wildman–Crippen LogP) is 0.272. The predicted molar refractivity (Wildman–Crippen MR) is 55.5 cm³/mol. The molecule has 0 bridgehead atoms. The highest BCUT2D eigenvalue weighted by Crippen LogP contribution is 2.04. The van der Waals surface area contributed by atoms with Gasteiger partial charge in [0.2, 0.25) is 0 Å². The second-order valence-corrected chi connectivity index (χ2v) is 3.39. The number of carbonyl (C=O) groups is 1. The maximum atomic E-state index is 11.1. The molecule has 5 nitrogen and oxygen atoms in total. The molecule has 0 aliphatic carbocycles. The van der Waals surface area contributed by atoms with E-state index < -0.39 is 0 Å². The van der Waals surface area contributed by atoms with E-state index in [4.69, 9.17) is 5.11 Å². The number of carbonyl (C=O) groups excluding carboxylic acids is 1. The van der Waals surface area contributed by atoms with Crippen LogP contribution in [0.25, 0.3) is 0 Å². The summed E-state index contributed by atoms with van der Waals surface area (Å²) in [6.07, 6.45) is 1.37. The van der Waals surface area contributed by atoms with E-state index in [9.17, 15) is 4.79 Å². The van der Waals surface area contributed by atoms with Crippen molar-refractivity contribution < 1.29 is 14.6 Å². The molecule has 1 aromatic rings. The van der Waals surface area contributed by atoms with E-state index >= 15 is 0 Å². The van der Waals surface area contributed by atoms with Crippen LogP contribution in [0, 0.1) is 0 Å². The Morgan fingerprint density at radius 1 is 1.73 bits per heavy atom. The van der Waals surface area contributed by atoms with E-state index in [2.05, 4.69) is 15.0 Å². The van der Waals surface area contributed by atoms with Crippen molar-refractivity contribution in [3.05, 3.63) is 23.5 Å². The van der Waals surface area contributed by atoms with Crippen molar-refractivity contribution >= 4 is 5.97 Å². The standard InChI is InChI=1S/C10H16N2O3/c1-7(13)4-11-5-8-3-9(12-6-8)10(14)15-2/h3,6-7,11-13H,4-5H2,1-2H3/t7-/m1/s1. The minimum Gasteiger partial charge on any atom is -0.464 e. The lowest BCUT2D eigenvalue weighted by molar-refractivity contribution is 0.0595. The summed E-state index contributed by atoms with van der Waals surface area (Å²) in [5.74, 6) is -0.378. The Labute approximate surface area is 88.4 Å². The van der Waals surface area contributed by atoms with Crippen molar-refractivity contribution in [2.45, 2.75) is 19.6 Å². The number of esters is 1. The number of nitrogens with one attached hydrogen (secondary N) is 2. The number of methoxy groups -OCH3 is 1. The van der Waals surface area contributed by atoms with Gasteiger partial charge in [-0.2, -0.15) is 0 Å². The van der Waals surface area contributed by atoms with E-state index in [1.165, 1.54) is 7.11 Å². The number of hydrogen-bond donors (Lipinski definition) is 3. The SMILES string of the molecule is COC(=O)c1cc(CNC[C@@H](C)O)c[nH]1. The summed E-state index contributed by atoms with van der Waals surface area (Å²) in [5, 5.41) is 12.1. The highest BCUT2D eigenvalue weighted by Gasteiger charge is 2.07. The monoisotopic (exact) mass is 212 g/mol. The average Bonchev–Trinajstić information content (AvgIpc) is 2.65. The summed E-state index contributed by atoms with van der Waals surface area (Å²) in [7, 11) is 1.34. The maximum absolute atomic E-state index is 11.1. The molecule has 84 valence electrons. The number of rotatable bonds is 5. The second kappa shape index (κ2) is 5.53. The molecule has 0 fully saturated rings. The number of aliphatic hydroxyl groups excluding tert-OH is 1. The van der Waals surface area contributed by atoms with Gasteiger partial charge in [0, 0.05) is 19.3 Å². The van der Waals surface area contributed by atoms with Gasteiger partial charge in [-0.3, -0.25) is 0 Å². The molecule has 0 aliphatic heterocycles. The number of ether oxygens (including phenoxy) is 1. The van der Waals surface area contributed by atoms with Crippen molar-refractivity contribution in [3.63, 3.8) is 0 Å². The zero-order chi connectivity index (χ0) is 11.3. The molecule has 15 heavy (non-hydrogen) atoms. The van der Waals surface area contributed by atoms with E-state index in [1.54, 1.807) is 19.2 Å². The third kappa shape index (κ3) is 3.73. The Morgan fingerprint density at radius 3 is 3.07 bits per heavy atom. The summed E-state index contributed by atoms with van der Waals surface area (Å²) < 4.78 is 4.56. The number of aromatic nitrogens is 1. The van der Waals surface area contributed by atoms with Gasteiger partial charge in [-0.15, -0.1) is 0 Å². The van der Waals surface area contributed by atoms with Crippen LogP contribution in [-0.2, 0) is 11.3 Å². The molecule has 0 aliphatic rings. The first-order valence-corrected chi connectivity index (χ1v) is 4.78. The molecule has 5 heteroatoms.